The number of rotatable bonds is 8. The number of β-lactam (4-membered cyclic amide) rings is 1. The Hall–Kier alpha value is -3.88. The summed E-state index contributed by atoms with van der Waals surface area (Å²) in [5, 5.41) is 8.08. The predicted octanol–water partition coefficient (Wildman–Crippen LogP) is 0.773. The number of carbonyl (C=O) groups excluding carboxylic acids is 4. The zero-order valence-electron chi connectivity index (χ0n) is 17.9. The maximum absolute atomic E-state index is 12.8. The van der Waals surface area contributed by atoms with Gasteiger partial charge in [-0.15, -0.1) is 0 Å². The monoisotopic (exact) mass is 425 g/mol. The molecule has 162 valence electrons. The molecule has 9 heteroatoms. The molecule has 0 bridgehead atoms. The average Bonchev–Trinajstić information content (AvgIpc) is 2.83. The van der Waals surface area contributed by atoms with Crippen LogP contribution in [0.1, 0.15) is 24.1 Å². The van der Waals surface area contributed by atoms with Crippen molar-refractivity contribution in [1.82, 2.24) is 21.3 Å². The zero-order valence-corrected chi connectivity index (χ0v) is 16.9. The molecule has 3 rings (SSSR count). The molecule has 0 saturated carbocycles. The highest BCUT2D eigenvalue weighted by atomic mass is 16.5. The van der Waals surface area contributed by atoms with Gasteiger partial charge in [0, 0.05) is 6.54 Å². The first-order valence-corrected chi connectivity index (χ1v) is 9.79. The van der Waals surface area contributed by atoms with Crippen molar-refractivity contribution < 1.29 is 25.3 Å². The van der Waals surface area contributed by atoms with Gasteiger partial charge in [-0.2, -0.15) is 0 Å². The molecule has 0 aromatic heterocycles. The van der Waals surface area contributed by atoms with Gasteiger partial charge in [0.25, 0.3) is 0 Å². The number of amides is 4. The van der Waals surface area contributed by atoms with Gasteiger partial charge in [0.05, 0.1) is 0 Å². The number of hydrogen-bond acceptors (Lipinski definition) is 5. The molecule has 9 nitrogen and oxygen atoms in total. The van der Waals surface area contributed by atoms with E-state index in [1.165, 1.54) is 6.92 Å². The minimum absolute atomic E-state index is 0.0398. The van der Waals surface area contributed by atoms with Crippen molar-refractivity contribution in [2.45, 2.75) is 31.7 Å². The number of ether oxygens (including phenoxy) is 1. The number of carbonyl (C=O) groups is 4. The topological polar surface area (TPSA) is 126 Å². The van der Waals surface area contributed by atoms with Gasteiger partial charge in [-0.25, -0.2) is 4.79 Å². The third-order valence-corrected chi connectivity index (χ3v) is 4.68. The number of alkyl carbamates (subject to hydrolysis) is 1. The van der Waals surface area contributed by atoms with E-state index in [0.717, 1.165) is 5.56 Å². The van der Waals surface area contributed by atoms with Crippen molar-refractivity contribution in [2.24, 2.45) is 0 Å². The quantitative estimate of drug-likeness (QED) is 0.465. The lowest BCUT2D eigenvalue weighted by molar-refractivity contribution is -0.135. The van der Waals surface area contributed by atoms with E-state index in [1.54, 1.807) is 54.6 Å². The summed E-state index contributed by atoms with van der Waals surface area (Å²) in [6, 6.07) is 14.4. The van der Waals surface area contributed by atoms with Gasteiger partial charge in [-0.3, -0.25) is 14.4 Å². The largest absolute Gasteiger partial charge is 0.445 e. The Balaban J connectivity index is 1.62. The van der Waals surface area contributed by atoms with Crippen LogP contribution in [0.2, 0.25) is 1.41 Å². The summed E-state index contributed by atoms with van der Waals surface area (Å²) in [7, 11) is 0. The van der Waals surface area contributed by atoms with Gasteiger partial charge in [0.1, 0.15) is 24.7 Å². The number of benzene rings is 2. The van der Waals surface area contributed by atoms with Crippen LogP contribution in [0.15, 0.2) is 60.7 Å². The molecule has 0 aliphatic carbocycles. The lowest BCUT2D eigenvalue weighted by Crippen LogP contribution is -2.63. The van der Waals surface area contributed by atoms with Crippen LogP contribution >= 0.6 is 0 Å². The summed E-state index contributed by atoms with van der Waals surface area (Å²) >= 11 is 0. The highest BCUT2D eigenvalue weighted by molar-refractivity contribution is 5.96. The highest BCUT2D eigenvalue weighted by Crippen LogP contribution is 2.14. The van der Waals surface area contributed by atoms with E-state index in [0.29, 0.717) is 17.4 Å². The third kappa shape index (κ3) is 6.05. The van der Waals surface area contributed by atoms with E-state index >= 15 is 0 Å². The molecular weight excluding hydrogens is 400 g/mol. The van der Waals surface area contributed by atoms with Gasteiger partial charge >= 0.3 is 6.09 Å². The molecule has 2 unspecified atom stereocenters. The summed E-state index contributed by atoms with van der Waals surface area (Å²) in [5.41, 5.74) is 1.24. The molecule has 1 heterocycles. The molecule has 1 aliphatic rings. The lowest BCUT2D eigenvalue weighted by atomic mass is 10.0. The Bertz CT molecular complexity index is 973. The Morgan fingerprint density at radius 1 is 1.10 bits per heavy atom. The van der Waals surface area contributed by atoms with Crippen molar-refractivity contribution in [3.05, 3.63) is 71.8 Å². The van der Waals surface area contributed by atoms with Crippen LogP contribution in [0.3, 0.4) is 0 Å². The van der Waals surface area contributed by atoms with Crippen LogP contribution in [0.4, 0.5) is 4.79 Å². The fourth-order valence-electron chi connectivity index (χ4n) is 2.84. The minimum Gasteiger partial charge on any atom is -0.445 e. The van der Waals surface area contributed by atoms with Gasteiger partial charge in [0.2, 0.25) is 17.7 Å². The SMILES string of the molecule is [2H]N(C(=O)OCc1ccccc1)[C@H](C)C(=O)NC(C(=O)NC1CNC1=O)c1ccccc1. The molecule has 1 saturated heterocycles. The molecule has 4 N–H and O–H groups in total. The van der Waals surface area contributed by atoms with Crippen LogP contribution in [0, 0.1) is 0 Å². The number of nitrogens with one attached hydrogen (secondary N) is 4. The van der Waals surface area contributed by atoms with E-state index in [1.807, 2.05) is 6.07 Å². The van der Waals surface area contributed by atoms with E-state index in [4.69, 9.17) is 6.15 Å². The van der Waals surface area contributed by atoms with Crippen molar-refractivity contribution in [3.8, 4) is 0 Å². The van der Waals surface area contributed by atoms with Crippen molar-refractivity contribution in [3.63, 3.8) is 0 Å². The Kier molecular flexibility index (Phi) is 6.74. The summed E-state index contributed by atoms with van der Waals surface area (Å²) in [6.07, 6.45) is -0.997. The summed E-state index contributed by atoms with van der Waals surface area (Å²) in [5.74, 6) is -1.60. The molecule has 1 fully saturated rings. The highest BCUT2D eigenvalue weighted by Gasteiger charge is 2.33. The van der Waals surface area contributed by atoms with Crippen LogP contribution in [-0.4, -0.2) is 42.4 Å². The maximum atomic E-state index is 12.8. The second kappa shape index (κ2) is 10.2. The molecule has 3 atom stereocenters. The molecule has 1 aliphatic heterocycles. The first-order chi connectivity index (χ1) is 15.4. The third-order valence-electron chi connectivity index (χ3n) is 4.68. The molecule has 0 spiro atoms. The van der Waals surface area contributed by atoms with Crippen LogP contribution in [-0.2, 0) is 25.7 Å². The van der Waals surface area contributed by atoms with Gasteiger partial charge in [-0.1, -0.05) is 60.7 Å². The van der Waals surface area contributed by atoms with Crippen LogP contribution in [0.25, 0.3) is 0 Å². The van der Waals surface area contributed by atoms with Crippen LogP contribution < -0.4 is 21.3 Å². The summed E-state index contributed by atoms with van der Waals surface area (Å²) < 4.78 is 13.0. The fraction of sp³-hybridized carbons (Fsp3) is 0.273. The van der Waals surface area contributed by atoms with Crippen molar-refractivity contribution in [1.29, 1.82) is 0 Å². The van der Waals surface area contributed by atoms with E-state index in [-0.39, 0.29) is 12.5 Å². The Labute approximate surface area is 181 Å². The van der Waals surface area contributed by atoms with Gasteiger partial charge in [0.15, 0.2) is 1.41 Å². The van der Waals surface area contributed by atoms with Gasteiger partial charge < -0.3 is 26.0 Å². The second-order valence-electron chi connectivity index (χ2n) is 7.00. The number of hydrogen-bond donors (Lipinski definition) is 4. The van der Waals surface area contributed by atoms with E-state index in [2.05, 4.69) is 16.0 Å². The Morgan fingerprint density at radius 3 is 2.32 bits per heavy atom. The standard InChI is InChI=1S/C22H24N4O5/c1-14(24-22(30)31-13-15-8-4-2-5-9-15)19(27)26-18(16-10-6-3-7-11-16)21(29)25-17-12-23-20(17)28/h2-11,14,17-18H,12-13H2,1H3,(H,23,28)(H,24,30)(H,25,29)(H,26,27)/t14-,17?,18?/m1/s1/i/hD. The summed E-state index contributed by atoms with van der Waals surface area (Å²) in [4.78, 5) is 49.2. The van der Waals surface area contributed by atoms with Crippen molar-refractivity contribution >= 4 is 23.8 Å². The fourth-order valence-corrected chi connectivity index (χ4v) is 2.84. The zero-order chi connectivity index (χ0) is 23.1. The van der Waals surface area contributed by atoms with Gasteiger partial charge in [-0.05, 0) is 18.1 Å². The van der Waals surface area contributed by atoms with Crippen molar-refractivity contribution in [2.75, 3.05) is 6.54 Å². The summed E-state index contributed by atoms with van der Waals surface area (Å²) in [6.45, 7) is 1.62. The van der Waals surface area contributed by atoms with E-state index < -0.39 is 36.0 Å². The average molecular weight is 425 g/mol. The van der Waals surface area contributed by atoms with E-state index in [9.17, 15) is 19.2 Å². The van der Waals surface area contributed by atoms with Crippen LogP contribution in [0.5, 0.6) is 0 Å². The maximum Gasteiger partial charge on any atom is 0.408 e. The lowest BCUT2D eigenvalue weighted by Gasteiger charge is -2.29. The first kappa shape index (κ1) is 20.4. The molecule has 2 aromatic carbocycles. The molecule has 2 aromatic rings. The molecule has 0 radical (unpaired) electrons. The Morgan fingerprint density at radius 2 is 1.74 bits per heavy atom. The molecule has 31 heavy (non-hydrogen) atoms. The predicted molar refractivity (Wildman–Crippen MR) is 111 cm³/mol. The normalized spacial score (nSPS) is 17.1. The second-order valence-corrected chi connectivity index (χ2v) is 7.00. The molecular formula is C22H24N4O5. The first-order valence-electron chi connectivity index (χ1n) is 10.2. The minimum atomic E-state index is -1.23. The molecule has 4 amide bonds. The smallest absolute Gasteiger partial charge is 0.408 e.